The van der Waals surface area contributed by atoms with Crippen molar-refractivity contribution in [3.8, 4) is 0 Å². The highest BCUT2D eigenvalue weighted by atomic mass is 35.5. The van der Waals surface area contributed by atoms with Crippen molar-refractivity contribution in [1.82, 2.24) is 4.72 Å². The lowest BCUT2D eigenvalue weighted by molar-refractivity contribution is 0.581. The van der Waals surface area contributed by atoms with Crippen molar-refractivity contribution in [2.45, 2.75) is 18.0 Å². The minimum atomic E-state index is -3.53. The molecule has 0 amide bonds. The number of sulfonamides is 1. The molecule has 0 heterocycles. The summed E-state index contributed by atoms with van der Waals surface area (Å²) in [6, 6.07) is 13.5. The average Bonchev–Trinajstić information content (AvgIpc) is 2.45. The molecular weight excluding hydrogens is 296 g/mol. The molecule has 106 valence electrons. The summed E-state index contributed by atoms with van der Waals surface area (Å²) in [5.74, 6) is 0. The molecule has 0 bridgehead atoms. The van der Waals surface area contributed by atoms with Crippen LogP contribution in [-0.2, 0) is 23.1 Å². The fraction of sp³-hybridized carbons (Fsp3) is 0.143. The second-order valence-electron chi connectivity index (χ2n) is 4.30. The van der Waals surface area contributed by atoms with Gasteiger partial charge in [0.25, 0.3) is 0 Å². The summed E-state index contributed by atoms with van der Waals surface area (Å²) in [5, 5.41) is 0.578. The van der Waals surface area contributed by atoms with Gasteiger partial charge in [-0.1, -0.05) is 35.9 Å². The van der Waals surface area contributed by atoms with E-state index >= 15 is 0 Å². The molecule has 0 spiro atoms. The molecular formula is C14H15ClN2O2S. The molecule has 0 saturated carbocycles. The molecule has 4 nitrogen and oxygen atoms in total. The van der Waals surface area contributed by atoms with Gasteiger partial charge >= 0.3 is 0 Å². The van der Waals surface area contributed by atoms with Crippen LogP contribution in [0.5, 0.6) is 0 Å². The van der Waals surface area contributed by atoms with Gasteiger partial charge in [0.1, 0.15) is 0 Å². The number of benzene rings is 2. The highest BCUT2D eigenvalue weighted by Crippen LogP contribution is 2.13. The van der Waals surface area contributed by atoms with Crippen molar-refractivity contribution in [2.24, 2.45) is 5.73 Å². The van der Waals surface area contributed by atoms with Gasteiger partial charge in [0.15, 0.2) is 0 Å². The van der Waals surface area contributed by atoms with Crippen molar-refractivity contribution < 1.29 is 8.42 Å². The number of nitrogens with one attached hydrogen (secondary N) is 1. The fourth-order valence-electron chi connectivity index (χ4n) is 1.71. The Hall–Kier alpha value is -1.40. The smallest absolute Gasteiger partial charge is 0.240 e. The molecule has 0 aliphatic rings. The zero-order valence-corrected chi connectivity index (χ0v) is 12.3. The van der Waals surface area contributed by atoms with E-state index in [0.29, 0.717) is 11.6 Å². The maximum atomic E-state index is 12.1. The van der Waals surface area contributed by atoms with E-state index in [2.05, 4.69) is 4.72 Å². The zero-order chi connectivity index (χ0) is 14.6. The number of rotatable bonds is 5. The summed E-state index contributed by atoms with van der Waals surface area (Å²) in [5.41, 5.74) is 7.17. The maximum absolute atomic E-state index is 12.1. The van der Waals surface area contributed by atoms with E-state index in [0.717, 1.165) is 11.1 Å². The van der Waals surface area contributed by atoms with Gasteiger partial charge in [-0.05, 0) is 35.4 Å². The van der Waals surface area contributed by atoms with Gasteiger partial charge in [-0.25, -0.2) is 13.1 Å². The van der Waals surface area contributed by atoms with Gasteiger partial charge in [-0.15, -0.1) is 0 Å². The Bertz CT molecular complexity index is 685. The van der Waals surface area contributed by atoms with Gasteiger partial charge in [-0.2, -0.15) is 0 Å². The topological polar surface area (TPSA) is 72.2 Å². The molecule has 0 radical (unpaired) electrons. The van der Waals surface area contributed by atoms with E-state index in [4.69, 9.17) is 17.3 Å². The van der Waals surface area contributed by atoms with Crippen molar-refractivity contribution >= 4 is 21.6 Å². The Balaban J connectivity index is 2.10. The molecule has 0 aliphatic carbocycles. The van der Waals surface area contributed by atoms with Crippen LogP contribution in [0.25, 0.3) is 0 Å². The number of hydrogen-bond acceptors (Lipinski definition) is 3. The summed E-state index contributed by atoms with van der Waals surface area (Å²) >= 11 is 5.86. The Morgan fingerprint density at radius 3 is 2.35 bits per heavy atom. The lowest BCUT2D eigenvalue weighted by Crippen LogP contribution is -2.23. The van der Waals surface area contributed by atoms with Crippen LogP contribution in [0.1, 0.15) is 11.1 Å². The first-order valence-corrected chi connectivity index (χ1v) is 7.90. The van der Waals surface area contributed by atoms with E-state index in [1.165, 1.54) is 0 Å². The molecule has 0 aromatic heterocycles. The minimum Gasteiger partial charge on any atom is -0.326 e. The lowest BCUT2D eigenvalue weighted by Gasteiger charge is -2.07. The molecule has 3 N–H and O–H groups in total. The molecule has 0 saturated heterocycles. The van der Waals surface area contributed by atoms with Crippen molar-refractivity contribution in [2.75, 3.05) is 0 Å². The second kappa shape index (κ2) is 6.37. The maximum Gasteiger partial charge on any atom is 0.240 e. The summed E-state index contributed by atoms with van der Waals surface area (Å²) in [6.07, 6.45) is 0. The third-order valence-corrected chi connectivity index (χ3v) is 4.48. The van der Waals surface area contributed by atoms with Crippen LogP contribution < -0.4 is 10.5 Å². The predicted molar refractivity (Wildman–Crippen MR) is 79.8 cm³/mol. The summed E-state index contributed by atoms with van der Waals surface area (Å²) in [7, 11) is -3.53. The Morgan fingerprint density at radius 1 is 1.05 bits per heavy atom. The number of nitrogens with two attached hydrogens (primary N) is 1. The summed E-state index contributed by atoms with van der Waals surface area (Å²) < 4.78 is 26.8. The second-order valence-corrected chi connectivity index (χ2v) is 6.51. The van der Waals surface area contributed by atoms with Crippen molar-refractivity contribution in [1.29, 1.82) is 0 Å². The van der Waals surface area contributed by atoms with Crippen LogP contribution >= 0.6 is 11.6 Å². The van der Waals surface area contributed by atoms with Crippen LogP contribution in [0.2, 0.25) is 5.02 Å². The quantitative estimate of drug-likeness (QED) is 0.890. The number of hydrogen-bond donors (Lipinski definition) is 2. The van der Waals surface area contributed by atoms with Gasteiger partial charge in [0, 0.05) is 18.1 Å². The lowest BCUT2D eigenvalue weighted by atomic mass is 10.2. The monoisotopic (exact) mass is 310 g/mol. The number of halogens is 1. The molecule has 2 aromatic carbocycles. The summed E-state index contributed by atoms with van der Waals surface area (Å²) in [6.45, 7) is 0.581. The van der Waals surface area contributed by atoms with E-state index in [1.807, 2.05) is 6.07 Å². The Morgan fingerprint density at radius 2 is 1.75 bits per heavy atom. The molecule has 2 rings (SSSR count). The molecule has 2 aromatic rings. The van der Waals surface area contributed by atoms with Gasteiger partial charge in [0.2, 0.25) is 10.0 Å². The van der Waals surface area contributed by atoms with Gasteiger partial charge < -0.3 is 5.73 Å². The van der Waals surface area contributed by atoms with E-state index in [-0.39, 0.29) is 11.4 Å². The highest BCUT2D eigenvalue weighted by molar-refractivity contribution is 7.89. The summed E-state index contributed by atoms with van der Waals surface area (Å²) in [4.78, 5) is 0.219. The minimum absolute atomic E-state index is 0.196. The first-order valence-electron chi connectivity index (χ1n) is 6.04. The standard InChI is InChI=1S/C14H15ClN2O2S/c15-13-3-1-2-12(8-13)10-17-20(18,19)14-6-4-11(9-16)5-7-14/h1-8,17H,9-10,16H2. The average molecular weight is 311 g/mol. The third kappa shape index (κ3) is 3.80. The van der Waals surface area contributed by atoms with Gasteiger partial charge in [-0.3, -0.25) is 0 Å². The third-order valence-electron chi connectivity index (χ3n) is 2.82. The van der Waals surface area contributed by atoms with Crippen molar-refractivity contribution in [3.05, 3.63) is 64.7 Å². The van der Waals surface area contributed by atoms with E-state index < -0.39 is 10.0 Å². The predicted octanol–water partition coefficient (Wildman–Crippen LogP) is 2.28. The normalized spacial score (nSPS) is 11.5. The first kappa shape index (κ1) is 15.0. The van der Waals surface area contributed by atoms with E-state index in [9.17, 15) is 8.42 Å². The molecule has 0 unspecified atom stereocenters. The molecule has 6 heteroatoms. The molecule has 20 heavy (non-hydrogen) atoms. The van der Waals surface area contributed by atoms with Crippen LogP contribution in [0.4, 0.5) is 0 Å². The fourth-order valence-corrected chi connectivity index (χ4v) is 2.94. The van der Waals surface area contributed by atoms with E-state index in [1.54, 1.807) is 42.5 Å². The Labute approximate surface area is 123 Å². The van der Waals surface area contributed by atoms with Crippen LogP contribution in [0, 0.1) is 0 Å². The van der Waals surface area contributed by atoms with Crippen molar-refractivity contribution in [3.63, 3.8) is 0 Å². The zero-order valence-electron chi connectivity index (χ0n) is 10.7. The molecule has 0 aliphatic heterocycles. The van der Waals surface area contributed by atoms with Gasteiger partial charge in [0.05, 0.1) is 4.90 Å². The molecule has 0 atom stereocenters. The van der Waals surface area contributed by atoms with Crippen LogP contribution in [-0.4, -0.2) is 8.42 Å². The first-order chi connectivity index (χ1) is 9.51. The van der Waals surface area contributed by atoms with Crippen LogP contribution in [0.3, 0.4) is 0 Å². The highest BCUT2D eigenvalue weighted by Gasteiger charge is 2.13. The van der Waals surface area contributed by atoms with Crippen LogP contribution in [0.15, 0.2) is 53.4 Å². The largest absolute Gasteiger partial charge is 0.326 e. The molecule has 0 fully saturated rings. The Kier molecular flexibility index (Phi) is 4.77. The SMILES string of the molecule is NCc1ccc(S(=O)(=O)NCc2cccc(Cl)c2)cc1.